The van der Waals surface area contributed by atoms with E-state index in [1.54, 1.807) is 18.3 Å². The van der Waals surface area contributed by atoms with Crippen LogP contribution in [0.3, 0.4) is 0 Å². The second-order valence-electron chi connectivity index (χ2n) is 4.86. The Bertz CT molecular complexity index is 907. The predicted molar refractivity (Wildman–Crippen MR) is 92.4 cm³/mol. The average Bonchev–Trinajstić information content (AvgIpc) is 3.10. The zero-order valence-electron chi connectivity index (χ0n) is 12.8. The highest BCUT2D eigenvalue weighted by atomic mass is 32.2. The fraction of sp³-hybridized carbons (Fsp3) is 0.125. The zero-order chi connectivity index (χ0) is 17.0. The van der Waals surface area contributed by atoms with Crippen LogP contribution in [0.4, 0.5) is 0 Å². The van der Waals surface area contributed by atoms with Crippen molar-refractivity contribution >= 4 is 21.4 Å². The second kappa shape index (κ2) is 7.08. The van der Waals surface area contributed by atoms with Crippen LogP contribution < -0.4 is 9.46 Å². The Morgan fingerprint density at radius 2 is 1.96 bits per heavy atom. The van der Waals surface area contributed by atoms with Crippen LogP contribution in [0.2, 0.25) is 0 Å². The molecule has 0 amide bonds. The standard InChI is InChI=1S/C16H15N3O3S2/c1-22-13-5-7-14(8-6-13)24(20,21)18-10-12-11-23-16(19-12)15-4-2-3-9-17-15/h2-9,11,18H,10H2,1H3. The van der Waals surface area contributed by atoms with Crippen molar-refractivity contribution in [2.45, 2.75) is 11.4 Å². The van der Waals surface area contributed by atoms with Crippen LogP contribution in [0.25, 0.3) is 10.7 Å². The van der Waals surface area contributed by atoms with Gasteiger partial charge in [0.25, 0.3) is 0 Å². The minimum absolute atomic E-state index is 0.123. The van der Waals surface area contributed by atoms with Crippen LogP contribution in [0.15, 0.2) is 58.9 Å². The third-order valence-electron chi connectivity index (χ3n) is 3.25. The molecule has 0 bridgehead atoms. The number of sulfonamides is 1. The number of hydrogen-bond donors (Lipinski definition) is 1. The van der Waals surface area contributed by atoms with Crippen LogP contribution in [-0.4, -0.2) is 25.5 Å². The number of benzene rings is 1. The highest BCUT2D eigenvalue weighted by Crippen LogP contribution is 2.21. The number of aromatic nitrogens is 2. The number of rotatable bonds is 6. The first kappa shape index (κ1) is 16.6. The van der Waals surface area contributed by atoms with E-state index in [2.05, 4.69) is 14.7 Å². The smallest absolute Gasteiger partial charge is 0.240 e. The van der Waals surface area contributed by atoms with Crippen molar-refractivity contribution in [1.29, 1.82) is 0 Å². The molecule has 6 nitrogen and oxygen atoms in total. The molecule has 0 spiro atoms. The van der Waals surface area contributed by atoms with Gasteiger partial charge in [0.15, 0.2) is 0 Å². The number of methoxy groups -OCH3 is 1. The molecular formula is C16H15N3O3S2. The Morgan fingerprint density at radius 3 is 2.62 bits per heavy atom. The SMILES string of the molecule is COc1ccc(S(=O)(=O)NCc2csc(-c3ccccn3)n2)cc1. The van der Waals surface area contributed by atoms with Crippen molar-refractivity contribution in [3.63, 3.8) is 0 Å². The molecule has 8 heteroatoms. The molecule has 0 unspecified atom stereocenters. The number of hydrogen-bond acceptors (Lipinski definition) is 6. The van der Waals surface area contributed by atoms with Crippen molar-refractivity contribution < 1.29 is 13.2 Å². The van der Waals surface area contributed by atoms with E-state index in [9.17, 15) is 8.42 Å². The van der Waals surface area contributed by atoms with Gasteiger partial charge in [0.2, 0.25) is 10.0 Å². The zero-order valence-corrected chi connectivity index (χ0v) is 14.5. The Morgan fingerprint density at radius 1 is 1.17 bits per heavy atom. The second-order valence-corrected chi connectivity index (χ2v) is 7.48. The molecule has 124 valence electrons. The normalized spacial score (nSPS) is 11.4. The molecule has 0 aliphatic carbocycles. The molecule has 0 saturated heterocycles. The molecule has 0 saturated carbocycles. The summed E-state index contributed by atoms with van der Waals surface area (Å²) in [6.45, 7) is 0.123. The molecule has 0 atom stereocenters. The maximum absolute atomic E-state index is 12.3. The molecule has 2 aromatic heterocycles. The van der Waals surface area contributed by atoms with Gasteiger partial charge >= 0.3 is 0 Å². The van der Waals surface area contributed by atoms with Gasteiger partial charge < -0.3 is 4.74 Å². The first-order chi connectivity index (χ1) is 11.6. The summed E-state index contributed by atoms with van der Waals surface area (Å²) in [5, 5.41) is 2.58. The van der Waals surface area contributed by atoms with Crippen LogP contribution in [-0.2, 0) is 16.6 Å². The van der Waals surface area contributed by atoms with E-state index in [0.29, 0.717) is 11.4 Å². The molecule has 1 aromatic carbocycles. The van der Waals surface area contributed by atoms with Crippen LogP contribution in [0.5, 0.6) is 5.75 Å². The molecule has 0 aliphatic heterocycles. The van der Waals surface area contributed by atoms with E-state index >= 15 is 0 Å². The average molecular weight is 361 g/mol. The Labute approximate surface area is 144 Å². The number of nitrogens with zero attached hydrogens (tertiary/aromatic N) is 2. The minimum Gasteiger partial charge on any atom is -0.497 e. The van der Waals surface area contributed by atoms with Gasteiger partial charge in [0.1, 0.15) is 10.8 Å². The first-order valence-electron chi connectivity index (χ1n) is 7.08. The van der Waals surface area contributed by atoms with Crippen LogP contribution in [0, 0.1) is 0 Å². The lowest BCUT2D eigenvalue weighted by Crippen LogP contribution is -2.23. The lowest BCUT2D eigenvalue weighted by Gasteiger charge is -2.06. The number of thiazole rings is 1. The summed E-state index contributed by atoms with van der Waals surface area (Å²) in [4.78, 5) is 8.83. The Hall–Kier alpha value is -2.29. The Kier molecular flexibility index (Phi) is 4.89. The summed E-state index contributed by atoms with van der Waals surface area (Å²) in [7, 11) is -2.06. The maximum Gasteiger partial charge on any atom is 0.240 e. The van der Waals surface area contributed by atoms with Gasteiger partial charge in [-0.15, -0.1) is 11.3 Å². The van der Waals surface area contributed by atoms with Crippen molar-refractivity contribution in [3.8, 4) is 16.5 Å². The fourth-order valence-corrected chi connectivity index (χ4v) is 3.80. The van der Waals surface area contributed by atoms with Crippen LogP contribution >= 0.6 is 11.3 Å². The highest BCUT2D eigenvalue weighted by Gasteiger charge is 2.15. The van der Waals surface area contributed by atoms with E-state index in [0.717, 1.165) is 10.7 Å². The fourth-order valence-electron chi connectivity index (χ4n) is 2.00. The lowest BCUT2D eigenvalue weighted by molar-refractivity contribution is 0.414. The van der Waals surface area contributed by atoms with Crippen molar-refractivity contribution in [2.24, 2.45) is 0 Å². The minimum atomic E-state index is -3.60. The monoisotopic (exact) mass is 361 g/mol. The van der Waals surface area contributed by atoms with Gasteiger partial charge in [-0.05, 0) is 36.4 Å². The summed E-state index contributed by atoms with van der Waals surface area (Å²) in [5.74, 6) is 0.605. The van der Waals surface area contributed by atoms with Gasteiger partial charge in [-0.25, -0.2) is 18.1 Å². The van der Waals surface area contributed by atoms with E-state index < -0.39 is 10.0 Å². The summed E-state index contributed by atoms with van der Waals surface area (Å²) < 4.78 is 32.2. The molecule has 0 fully saturated rings. The molecule has 1 N–H and O–H groups in total. The van der Waals surface area contributed by atoms with E-state index in [-0.39, 0.29) is 11.4 Å². The summed E-state index contributed by atoms with van der Waals surface area (Å²) >= 11 is 1.43. The predicted octanol–water partition coefficient (Wildman–Crippen LogP) is 2.69. The topological polar surface area (TPSA) is 81.2 Å². The largest absolute Gasteiger partial charge is 0.497 e. The maximum atomic E-state index is 12.3. The number of nitrogens with one attached hydrogen (secondary N) is 1. The third kappa shape index (κ3) is 3.78. The van der Waals surface area contributed by atoms with E-state index in [1.807, 2.05) is 23.6 Å². The van der Waals surface area contributed by atoms with Gasteiger partial charge in [-0.2, -0.15) is 0 Å². The lowest BCUT2D eigenvalue weighted by atomic mass is 10.3. The quantitative estimate of drug-likeness (QED) is 0.730. The van der Waals surface area contributed by atoms with Gasteiger partial charge in [-0.1, -0.05) is 6.07 Å². The highest BCUT2D eigenvalue weighted by molar-refractivity contribution is 7.89. The Balaban J connectivity index is 1.69. The van der Waals surface area contributed by atoms with Crippen LogP contribution in [0.1, 0.15) is 5.69 Å². The molecule has 2 heterocycles. The van der Waals surface area contributed by atoms with Gasteiger partial charge in [-0.3, -0.25) is 4.98 Å². The molecular weight excluding hydrogens is 346 g/mol. The number of ether oxygens (including phenoxy) is 1. The molecule has 0 radical (unpaired) electrons. The molecule has 3 rings (SSSR count). The third-order valence-corrected chi connectivity index (χ3v) is 5.58. The summed E-state index contributed by atoms with van der Waals surface area (Å²) in [6.07, 6.45) is 1.70. The van der Waals surface area contributed by atoms with Gasteiger partial charge in [0.05, 0.1) is 29.9 Å². The number of pyridine rings is 1. The van der Waals surface area contributed by atoms with Crippen molar-refractivity contribution in [3.05, 3.63) is 59.7 Å². The van der Waals surface area contributed by atoms with E-state index in [1.165, 1.54) is 30.6 Å². The van der Waals surface area contributed by atoms with E-state index in [4.69, 9.17) is 4.74 Å². The molecule has 24 heavy (non-hydrogen) atoms. The molecule has 3 aromatic rings. The van der Waals surface area contributed by atoms with Crippen molar-refractivity contribution in [2.75, 3.05) is 7.11 Å². The summed E-state index contributed by atoms with van der Waals surface area (Å²) in [5.41, 5.74) is 1.42. The van der Waals surface area contributed by atoms with Crippen molar-refractivity contribution in [1.82, 2.24) is 14.7 Å². The summed E-state index contributed by atoms with van der Waals surface area (Å²) in [6, 6.07) is 11.8. The first-order valence-corrected chi connectivity index (χ1v) is 9.44. The molecule has 0 aliphatic rings. The van der Waals surface area contributed by atoms with Gasteiger partial charge in [0, 0.05) is 11.6 Å².